The first-order chi connectivity index (χ1) is 46.0. The van der Waals surface area contributed by atoms with Crippen molar-refractivity contribution in [2.45, 2.75) is 74.7 Å². The van der Waals surface area contributed by atoms with Crippen LogP contribution in [-0.4, -0.2) is 28.4 Å². The van der Waals surface area contributed by atoms with E-state index in [4.69, 9.17) is 18.9 Å². The minimum absolute atomic E-state index is 0.532. The minimum atomic E-state index is -0.532. The largest absolute Gasteiger partial charge is 0.494 e. The highest BCUT2D eigenvalue weighted by Gasteiger charge is 2.39. The van der Waals surface area contributed by atoms with E-state index in [1.54, 1.807) is 28.4 Å². The van der Waals surface area contributed by atoms with Gasteiger partial charge in [0.05, 0.1) is 62.3 Å². The summed E-state index contributed by atoms with van der Waals surface area (Å²) >= 11 is 0. The predicted octanol–water partition coefficient (Wildman–Crippen LogP) is 23.7. The van der Waals surface area contributed by atoms with E-state index >= 15 is 0 Å². The SMILES string of the molecule is COc1c(N(c2ccc(C)cc2)c2ccc(C)cc2)cc(N(c2ccc(C)cc2)c2ccc(C)cc2)c(OC)c1-c1ccc2c(c1)C(C)(C)c1cc(-c3c(OC)c(N(c4ccc(C)cc4)c4ccc(C)cc4)cc(N(c4ccc(C)cc4)c4ccc(C)cc4)c3OC)ccc1-2. The second-order valence-corrected chi connectivity index (χ2v) is 25.9. The highest BCUT2D eigenvalue weighted by atomic mass is 16.5. The van der Waals surface area contributed by atoms with E-state index in [2.05, 4.69) is 331 Å². The maximum Gasteiger partial charge on any atom is 0.154 e. The van der Waals surface area contributed by atoms with Crippen molar-refractivity contribution >= 4 is 68.2 Å². The molecular weight excluding hydrogens is 1160 g/mol. The summed E-state index contributed by atoms with van der Waals surface area (Å²) in [4.78, 5) is 9.25. The molecule has 12 aromatic carbocycles. The first-order valence-corrected chi connectivity index (χ1v) is 32.6. The molecule has 0 heterocycles. The lowest BCUT2D eigenvalue weighted by Crippen LogP contribution is -2.17. The van der Waals surface area contributed by atoms with Gasteiger partial charge in [-0.1, -0.05) is 180 Å². The first kappa shape index (κ1) is 62.8. The quantitative estimate of drug-likeness (QED) is 0.0842. The summed E-state index contributed by atoms with van der Waals surface area (Å²) in [6.45, 7) is 21.7. The van der Waals surface area contributed by atoms with E-state index in [1.165, 1.54) is 55.6 Å². The zero-order valence-corrected chi connectivity index (χ0v) is 57.0. The van der Waals surface area contributed by atoms with Gasteiger partial charge in [-0.2, -0.15) is 0 Å². The molecule has 0 bridgehead atoms. The normalized spacial score (nSPS) is 12.0. The van der Waals surface area contributed by atoms with Gasteiger partial charge in [0.25, 0.3) is 0 Å². The average molecular weight is 1250 g/mol. The molecule has 0 aromatic heterocycles. The fraction of sp³-hybridized carbons (Fsp3) is 0.172. The number of hydrogen-bond acceptors (Lipinski definition) is 8. The summed E-state index contributed by atoms with van der Waals surface area (Å²) in [6, 6.07) is 88.1. The van der Waals surface area contributed by atoms with Crippen molar-refractivity contribution in [2.75, 3.05) is 48.0 Å². The zero-order valence-electron chi connectivity index (χ0n) is 57.0. The van der Waals surface area contributed by atoms with Crippen LogP contribution in [0.3, 0.4) is 0 Å². The number of fused-ring (bicyclic) bond motifs is 3. The van der Waals surface area contributed by atoms with Crippen LogP contribution in [0.15, 0.2) is 243 Å². The molecule has 8 heteroatoms. The molecule has 0 radical (unpaired) electrons. The average Bonchev–Trinajstić information content (AvgIpc) is 1.15. The monoisotopic (exact) mass is 1250 g/mol. The summed E-state index contributed by atoms with van der Waals surface area (Å²) in [7, 11) is 7.11. The Labute approximate surface area is 561 Å². The zero-order chi connectivity index (χ0) is 66.4. The fourth-order valence-electron chi connectivity index (χ4n) is 13.6. The van der Waals surface area contributed by atoms with Gasteiger partial charge in [0, 0.05) is 50.9 Å². The Kier molecular flexibility index (Phi) is 17.1. The minimum Gasteiger partial charge on any atom is -0.494 e. The molecule has 0 atom stereocenters. The van der Waals surface area contributed by atoms with Crippen molar-refractivity contribution < 1.29 is 18.9 Å². The Hall–Kier alpha value is -11.0. The number of benzene rings is 12. The van der Waals surface area contributed by atoms with Crippen LogP contribution in [0.1, 0.15) is 69.5 Å². The van der Waals surface area contributed by atoms with E-state index in [0.717, 1.165) is 102 Å². The van der Waals surface area contributed by atoms with Crippen LogP contribution >= 0.6 is 0 Å². The third-order valence-electron chi connectivity index (χ3n) is 18.8. The smallest absolute Gasteiger partial charge is 0.154 e. The fourth-order valence-corrected chi connectivity index (χ4v) is 13.6. The van der Waals surface area contributed by atoms with Crippen molar-refractivity contribution in [3.63, 3.8) is 0 Å². The third kappa shape index (κ3) is 11.8. The summed E-state index contributed by atoms with van der Waals surface area (Å²) < 4.78 is 27.5. The topological polar surface area (TPSA) is 49.9 Å². The van der Waals surface area contributed by atoms with Crippen LogP contribution in [0, 0.1) is 55.4 Å². The lowest BCUT2D eigenvalue weighted by molar-refractivity contribution is 0.398. The molecule has 0 N–H and O–H groups in total. The van der Waals surface area contributed by atoms with Crippen LogP contribution < -0.4 is 38.5 Å². The van der Waals surface area contributed by atoms with Gasteiger partial charge in [-0.05, 0) is 210 Å². The number of anilines is 12. The van der Waals surface area contributed by atoms with Gasteiger partial charge in [0.15, 0.2) is 23.0 Å². The number of hydrogen-bond donors (Lipinski definition) is 0. The molecule has 0 fully saturated rings. The van der Waals surface area contributed by atoms with Gasteiger partial charge in [-0.25, -0.2) is 0 Å². The molecule has 8 nitrogen and oxygen atoms in total. The molecule has 0 aliphatic heterocycles. The third-order valence-corrected chi connectivity index (χ3v) is 18.8. The summed E-state index contributed by atoms with van der Waals surface area (Å²) in [5, 5.41) is 0. The summed E-state index contributed by atoms with van der Waals surface area (Å²) in [5.74, 6) is 2.67. The van der Waals surface area contributed by atoms with Crippen LogP contribution in [0.4, 0.5) is 68.2 Å². The van der Waals surface area contributed by atoms with Gasteiger partial charge in [-0.15, -0.1) is 0 Å². The lowest BCUT2D eigenvalue weighted by Gasteiger charge is -2.34. The number of methoxy groups -OCH3 is 4. The van der Waals surface area contributed by atoms with Crippen molar-refractivity contribution in [2.24, 2.45) is 0 Å². The van der Waals surface area contributed by atoms with E-state index in [1.807, 2.05) is 0 Å². The maximum absolute atomic E-state index is 6.88. The highest BCUT2D eigenvalue weighted by Crippen LogP contribution is 2.60. The molecule has 0 amide bonds. The van der Waals surface area contributed by atoms with Crippen LogP contribution in [0.2, 0.25) is 0 Å². The molecule has 0 unspecified atom stereocenters. The Morgan fingerprint density at radius 2 is 0.411 bits per heavy atom. The number of aryl methyl sites for hydroxylation is 8. The van der Waals surface area contributed by atoms with Crippen LogP contribution in [0.25, 0.3) is 33.4 Å². The highest BCUT2D eigenvalue weighted by molar-refractivity contribution is 6.01. The van der Waals surface area contributed by atoms with E-state index < -0.39 is 5.41 Å². The molecule has 13 rings (SSSR count). The lowest BCUT2D eigenvalue weighted by atomic mass is 9.80. The van der Waals surface area contributed by atoms with Crippen LogP contribution in [0.5, 0.6) is 23.0 Å². The second kappa shape index (κ2) is 25.9. The van der Waals surface area contributed by atoms with Crippen molar-refractivity contribution in [1.82, 2.24) is 0 Å². The molecule has 0 saturated carbocycles. The maximum atomic E-state index is 6.88. The van der Waals surface area contributed by atoms with E-state index in [0.29, 0.717) is 23.0 Å². The molecule has 474 valence electrons. The van der Waals surface area contributed by atoms with Crippen molar-refractivity contribution in [1.29, 1.82) is 0 Å². The number of rotatable bonds is 18. The molecule has 1 aliphatic rings. The molecule has 0 saturated heterocycles. The molecule has 1 aliphatic carbocycles. The molecular formula is C87H82N4O4. The summed E-state index contributed by atoms with van der Waals surface area (Å²) in [6.07, 6.45) is 0. The Bertz CT molecular complexity index is 4040. The summed E-state index contributed by atoms with van der Waals surface area (Å²) in [5.41, 5.74) is 28.3. The molecule has 12 aromatic rings. The second-order valence-electron chi connectivity index (χ2n) is 25.9. The van der Waals surface area contributed by atoms with Crippen molar-refractivity contribution in [3.05, 3.63) is 298 Å². The Balaban J connectivity index is 1.05. The van der Waals surface area contributed by atoms with Gasteiger partial charge in [0.2, 0.25) is 0 Å². The standard InChI is InChI=1S/C87H82N4O4/c1-55-15-33-65(34-16-55)88(66-35-17-56(2)18-36-66)77-53-78(89(67-37-19-57(3)20-38-67)68-39-21-58(4)22-40-68)84(93-12)81(83(77)92-11)63-31-49-73-74-50-32-64(52-76(74)87(9,10)75(73)51-63)82-85(94-13)79(90(69-41-23-59(5)24-42-69)70-43-25-60(6)26-44-70)54-80(86(82)95-14)91(71-45-27-61(7)28-46-71)72-47-29-62(8)30-48-72/h15-54H,1-14H3. The van der Waals surface area contributed by atoms with Gasteiger partial charge < -0.3 is 38.5 Å². The van der Waals surface area contributed by atoms with Crippen molar-refractivity contribution in [3.8, 4) is 56.4 Å². The van der Waals surface area contributed by atoms with Gasteiger partial charge >= 0.3 is 0 Å². The van der Waals surface area contributed by atoms with E-state index in [-0.39, 0.29) is 0 Å². The van der Waals surface area contributed by atoms with Crippen LogP contribution in [-0.2, 0) is 5.41 Å². The number of nitrogens with zero attached hydrogens (tertiary/aromatic N) is 4. The number of ether oxygens (including phenoxy) is 4. The van der Waals surface area contributed by atoms with Gasteiger partial charge in [-0.3, -0.25) is 0 Å². The molecule has 0 spiro atoms. The van der Waals surface area contributed by atoms with E-state index in [9.17, 15) is 0 Å². The predicted molar refractivity (Wildman–Crippen MR) is 398 cm³/mol. The Morgan fingerprint density at radius 3 is 0.579 bits per heavy atom. The van der Waals surface area contributed by atoms with Gasteiger partial charge in [0.1, 0.15) is 0 Å². The first-order valence-electron chi connectivity index (χ1n) is 32.6. The molecule has 95 heavy (non-hydrogen) atoms. The Morgan fingerprint density at radius 1 is 0.232 bits per heavy atom.